The van der Waals surface area contributed by atoms with Crippen molar-refractivity contribution in [3.05, 3.63) is 21.8 Å². The molecule has 9 heteroatoms. The summed E-state index contributed by atoms with van der Waals surface area (Å²) in [6.07, 6.45) is 2.46. The van der Waals surface area contributed by atoms with Crippen molar-refractivity contribution in [3.63, 3.8) is 0 Å². The van der Waals surface area contributed by atoms with Gasteiger partial charge in [0, 0.05) is 31.9 Å². The minimum Gasteiger partial charge on any atom is -0.466 e. The molecule has 2 saturated heterocycles. The first-order valence-corrected chi connectivity index (χ1v) is 11.9. The van der Waals surface area contributed by atoms with Crippen molar-refractivity contribution < 1.29 is 38.0 Å². The van der Waals surface area contributed by atoms with Crippen LogP contribution in [0.2, 0.25) is 0 Å². The third kappa shape index (κ3) is 5.91. The normalized spacial score (nSPS) is 34.1. The second kappa shape index (κ2) is 10.5. The number of esters is 2. The second-order valence-electron chi connectivity index (χ2n) is 9.18. The largest absolute Gasteiger partial charge is 0.466 e. The maximum atomic E-state index is 12.2. The highest BCUT2D eigenvalue weighted by Gasteiger charge is 2.59. The van der Waals surface area contributed by atoms with Crippen molar-refractivity contribution in [1.82, 2.24) is 0 Å². The van der Waals surface area contributed by atoms with Gasteiger partial charge in [-0.1, -0.05) is 42.5 Å². The molecule has 0 unspecified atom stereocenters. The van der Waals surface area contributed by atoms with E-state index in [1.54, 1.807) is 0 Å². The summed E-state index contributed by atoms with van der Waals surface area (Å²) in [6, 6.07) is 0. The van der Waals surface area contributed by atoms with Crippen molar-refractivity contribution in [2.75, 3.05) is 14.2 Å². The van der Waals surface area contributed by atoms with Gasteiger partial charge in [0.2, 0.25) is 5.79 Å². The molecule has 0 amide bonds. The minimum absolute atomic E-state index is 0.132. The summed E-state index contributed by atoms with van der Waals surface area (Å²) in [5.74, 6) is -3.13. The van der Waals surface area contributed by atoms with E-state index in [4.69, 9.17) is 28.4 Å². The molecular formula is C23H35IO8. The quantitative estimate of drug-likeness (QED) is 0.259. The van der Waals surface area contributed by atoms with Crippen LogP contribution in [0, 0.1) is 5.41 Å². The van der Waals surface area contributed by atoms with Crippen LogP contribution in [0.1, 0.15) is 54.4 Å². The van der Waals surface area contributed by atoms with E-state index < -0.39 is 35.0 Å². The van der Waals surface area contributed by atoms with Crippen LogP contribution in [0.25, 0.3) is 0 Å². The van der Waals surface area contributed by atoms with Gasteiger partial charge in [-0.25, -0.2) is 4.79 Å². The van der Waals surface area contributed by atoms with E-state index >= 15 is 0 Å². The lowest BCUT2D eigenvalue weighted by molar-refractivity contribution is -0.338. The Hall–Kier alpha value is -1.01. The van der Waals surface area contributed by atoms with Crippen molar-refractivity contribution in [1.29, 1.82) is 0 Å². The molecule has 0 spiro atoms. The van der Waals surface area contributed by atoms with Gasteiger partial charge in [0.05, 0.1) is 25.4 Å². The first-order chi connectivity index (χ1) is 14.8. The van der Waals surface area contributed by atoms with Crippen LogP contribution in [0.15, 0.2) is 21.8 Å². The summed E-state index contributed by atoms with van der Waals surface area (Å²) < 4.78 is 37.0. The highest BCUT2D eigenvalue weighted by Crippen LogP contribution is 2.49. The van der Waals surface area contributed by atoms with Crippen molar-refractivity contribution in [2.45, 2.75) is 90.4 Å². The van der Waals surface area contributed by atoms with Gasteiger partial charge >= 0.3 is 11.9 Å². The Bertz CT molecular complexity index is 759. The van der Waals surface area contributed by atoms with E-state index in [0.29, 0.717) is 18.4 Å². The molecule has 182 valence electrons. The van der Waals surface area contributed by atoms with E-state index in [1.165, 1.54) is 27.2 Å². The van der Waals surface area contributed by atoms with Crippen LogP contribution in [-0.2, 0) is 38.0 Å². The van der Waals surface area contributed by atoms with Gasteiger partial charge in [-0.15, -0.1) is 0 Å². The fourth-order valence-electron chi connectivity index (χ4n) is 4.45. The Kier molecular flexibility index (Phi) is 8.94. The lowest BCUT2D eigenvalue weighted by atomic mass is 9.74. The lowest BCUT2D eigenvalue weighted by Crippen LogP contribution is -2.63. The van der Waals surface area contributed by atoms with E-state index in [2.05, 4.69) is 22.6 Å². The molecule has 2 fully saturated rings. The molecule has 2 aliphatic heterocycles. The molecule has 0 radical (unpaired) electrons. The predicted molar refractivity (Wildman–Crippen MR) is 126 cm³/mol. The summed E-state index contributed by atoms with van der Waals surface area (Å²) in [4.78, 5) is 24.2. The molecule has 0 bridgehead atoms. The van der Waals surface area contributed by atoms with Gasteiger partial charge in [-0.2, -0.15) is 0 Å². The fraction of sp³-hybridized carbons (Fsp3) is 0.739. The van der Waals surface area contributed by atoms with Gasteiger partial charge in [0.25, 0.3) is 0 Å². The fourth-order valence-corrected chi connectivity index (χ4v) is 5.35. The molecule has 0 aromatic carbocycles. The topological polar surface area (TPSA) is 89.5 Å². The highest BCUT2D eigenvalue weighted by atomic mass is 127. The summed E-state index contributed by atoms with van der Waals surface area (Å²) >= 11 is 2.12. The average Bonchev–Trinajstić information content (AvgIpc) is 2.94. The molecule has 5 atom stereocenters. The number of rotatable bonds is 7. The van der Waals surface area contributed by atoms with E-state index in [9.17, 15) is 9.59 Å². The monoisotopic (exact) mass is 566 g/mol. The average molecular weight is 566 g/mol. The van der Waals surface area contributed by atoms with Crippen molar-refractivity contribution >= 4 is 34.5 Å². The molecule has 0 N–H and O–H groups in total. The van der Waals surface area contributed by atoms with Gasteiger partial charge in [0.1, 0.15) is 0 Å². The Morgan fingerprint density at radius 1 is 1.22 bits per heavy atom. The summed E-state index contributed by atoms with van der Waals surface area (Å²) in [5, 5.41) is 0. The summed E-state index contributed by atoms with van der Waals surface area (Å²) in [7, 11) is 2.81. The van der Waals surface area contributed by atoms with Crippen LogP contribution < -0.4 is 0 Å². The van der Waals surface area contributed by atoms with Crippen molar-refractivity contribution in [3.8, 4) is 0 Å². The first kappa shape index (κ1) is 27.2. The number of ether oxygens (including phenoxy) is 6. The zero-order chi connectivity index (χ0) is 24.3. The molecule has 0 aromatic heterocycles. The van der Waals surface area contributed by atoms with Crippen LogP contribution in [0.3, 0.4) is 0 Å². The SMILES string of the molecule is COC(=O)/C=C1\C[C@@H](C[C@H]2OC(C)(C)O[C@@H]2C)O[C@@](OC)(C(C)(C)/C=C/I)[C@H]1OC(C)=O. The van der Waals surface area contributed by atoms with Crippen molar-refractivity contribution in [2.24, 2.45) is 5.41 Å². The number of halogens is 1. The van der Waals surface area contributed by atoms with Gasteiger partial charge in [-0.3, -0.25) is 4.79 Å². The Morgan fingerprint density at radius 2 is 1.88 bits per heavy atom. The van der Waals surface area contributed by atoms with Crippen LogP contribution in [-0.4, -0.2) is 62.1 Å². The third-order valence-electron chi connectivity index (χ3n) is 5.88. The summed E-state index contributed by atoms with van der Waals surface area (Å²) in [6.45, 7) is 10.9. The lowest BCUT2D eigenvalue weighted by Gasteiger charge is -2.52. The zero-order valence-electron chi connectivity index (χ0n) is 20.1. The number of hydrogen-bond acceptors (Lipinski definition) is 8. The third-order valence-corrected chi connectivity index (χ3v) is 6.24. The maximum Gasteiger partial charge on any atom is 0.330 e. The molecule has 2 rings (SSSR count). The van der Waals surface area contributed by atoms with E-state index in [0.717, 1.165) is 0 Å². The Morgan fingerprint density at radius 3 is 2.34 bits per heavy atom. The highest BCUT2D eigenvalue weighted by molar-refractivity contribution is 14.1. The Balaban J connectivity index is 2.54. The number of carbonyl (C=O) groups is 2. The van der Waals surface area contributed by atoms with Crippen LogP contribution in [0.4, 0.5) is 0 Å². The smallest absolute Gasteiger partial charge is 0.330 e. The molecule has 0 aliphatic carbocycles. The zero-order valence-corrected chi connectivity index (χ0v) is 22.3. The molecule has 32 heavy (non-hydrogen) atoms. The van der Waals surface area contributed by atoms with E-state index in [-0.39, 0.29) is 18.3 Å². The molecule has 0 aromatic rings. The van der Waals surface area contributed by atoms with Gasteiger partial charge in [0.15, 0.2) is 11.9 Å². The molecule has 2 heterocycles. The van der Waals surface area contributed by atoms with Gasteiger partial charge in [-0.05, 0) is 36.8 Å². The predicted octanol–water partition coefficient (Wildman–Crippen LogP) is 4.05. The summed E-state index contributed by atoms with van der Waals surface area (Å²) in [5.41, 5.74) is -0.166. The van der Waals surface area contributed by atoms with Crippen LogP contribution in [0.5, 0.6) is 0 Å². The number of methoxy groups -OCH3 is 2. The van der Waals surface area contributed by atoms with Crippen LogP contribution >= 0.6 is 22.6 Å². The second-order valence-corrected chi connectivity index (χ2v) is 9.90. The number of carbonyl (C=O) groups excluding carboxylic acids is 2. The van der Waals surface area contributed by atoms with E-state index in [1.807, 2.05) is 44.8 Å². The minimum atomic E-state index is -1.39. The first-order valence-electron chi connectivity index (χ1n) is 10.6. The molecule has 0 saturated carbocycles. The molecule has 2 aliphatic rings. The maximum absolute atomic E-state index is 12.2. The number of hydrogen-bond donors (Lipinski definition) is 0. The standard InChI is InChI=1S/C23H35IO8/c1-14-18(32-22(5,6)30-14)13-17-11-16(12-19(26)27-7)20(29-15(2)25)23(28-8,31-17)21(3,4)9-10-24/h9-10,12,14,17-18,20H,11,13H2,1-8H3/b10-9+,16-12+/t14-,17+,18-,20+,23-/m1/s1. The van der Waals surface area contributed by atoms with Gasteiger partial charge < -0.3 is 28.4 Å². The molecule has 8 nitrogen and oxygen atoms in total. The molecular weight excluding hydrogens is 531 g/mol. The Labute approximate surface area is 204 Å².